The van der Waals surface area contributed by atoms with E-state index in [1.807, 2.05) is 24.3 Å². The van der Waals surface area contributed by atoms with Crippen LogP contribution in [-0.4, -0.2) is 11.7 Å². The lowest BCUT2D eigenvalue weighted by molar-refractivity contribution is 0.411. The van der Waals surface area contributed by atoms with Crippen LogP contribution in [0.3, 0.4) is 0 Å². The summed E-state index contributed by atoms with van der Waals surface area (Å²) >= 11 is 5.95. The van der Waals surface area contributed by atoms with E-state index in [1.54, 1.807) is 6.26 Å². The van der Waals surface area contributed by atoms with E-state index in [1.165, 1.54) is 0 Å². The quantitative estimate of drug-likeness (QED) is 0.888. The molecule has 0 aliphatic heterocycles. The first-order valence-corrected chi connectivity index (χ1v) is 5.58. The van der Waals surface area contributed by atoms with E-state index in [0.29, 0.717) is 11.6 Å². The number of hydrogen-bond acceptors (Lipinski definition) is 3. The highest BCUT2D eigenvalue weighted by Crippen LogP contribution is 2.26. The third-order valence-electron chi connectivity index (χ3n) is 2.40. The number of aromatic nitrogens is 1. The van der Waals surface area contributed by atoms with Crippen molar-refractivity contribution in [1.82, 2.24) is 5.16 Å². The maximum atomic E-state index is 5.95. The molecule has 84 valence electrons. The van der Waals surface area contributed by atoms with E-state index < -0.39 is 0 Å². The Hall–Kier alpha value is -1.32. The molecular weight excluding hydrogens is 224 g/mol. The minimum atomic E-state index is 0.655. The molecule has 0 radical (unpaired) electrons. The monoisotopic (exact) mass is 236 g/mol. The van der Waals surface area contributed by atoms with Crippen LogP contribution in [0.2, 0.25) is 5.02 Å². The van der Waals surface area contributed by atoms with Gasteiger partial charge in [0.15, 0.2) is 0 Å². The molecule has 0 spiro atoms. The highest BCUT2D eigenvalue weighted by Gasteiger charge is 2.09. The number of halogens is 1. The van der Waals surface area contributed by atoms with Gasteiger partial charge in [-0.05, 0) is 37.1 Å². The lowest BCUT2D eigenvalue weighted by Gasteiger charge is -2.01. The van der Waals surface area contributed by atoms with Gasteiger partial charge >= 0.3 is 0 Å². The standard InChI is InChI=1S/C12H13ClN2O/c13-10-4-1-3-9(7-10)11-8-16-15-12(11)5-2-6-14/h1,3-4,7-8H,2,5-6,14H2. The summed E-state index contributed by atoms with van der Waals surface area (Å²) in [4.78, 5) is 0. The first-order chi connectivity index (χ1) is 7.81. The van der Waals surface area contributed by atoms with Crippen LogP contribution in [0.1, 0.15) is 12.1 Å². The zero-order valence-corrected chi connectivity index (χ0v) is 9.57. The predicted octanol–water partition coefficient (Wildman–Crippen LogP) is 2.89. The van der Waals surface area contributed by atoms with Crippen molar-refractivity contribution in [2.75, 3.05) is 6.54 Å². The Balaban J connectivity index is 2.29. The van der Waals surface area contributed by atoms with Gasteiger partial charge in [-0.2, -0.15) is 0 Å². The summed E-state index contributed by atoms with van der Waals surface area (Å²) in [6.45, 7) is 0.655. The summed E-state index contributed by atoms with van der Waals surface area (Å²) in [5.41, 5.74) is 8.44. The predicted molar refractivity (Wildman–Crippen MR) is 64.3 cm³/mol. The highest BCUT2D eigenvalue weighted by molar-refractivity contribution is 6.30. The molecule has 0 amide bonds. The molecule has 0 unspecified atom stereocenters. The van der Waals surface area contributed by atoms with Gasteiger partial charge in [-0.15, -0.1) is 0 Å². The van der Waals surface area contributed by atoms with Gasteiger partial charge in [-0.3, -0.25) is 0 Å². The Bertz CT molecular complexity index is 468. The molecule has 0 saturated carbocycles. The topological polar surface area (TPSA) is 52.0 Å². The van der Waals surface area contributed by atoms with Gasteiger partial charge in [-0.25, -0.2) is 0 Å². The second-order valence-corrected chi connectivity index (χ2v) is 4.01. The Labute approximate surface area is 99.2 Å². The van der Waals surface area contributed by atoms with Crippen molar-refractivity contribution in [2.45, 2.75) is 12.8 Å². The molecule has 2 aromatic rings. The molecule has 16 heavy (non-hydrogen) atoms. The van der Waals surface area contributed by atoms with E-state index in [-0.39, 0.29) is 0 Å². The third-order valence-corrected chi connectivity index (χ3v) is 2.63. The Kier molecular flexibility index (Phi) is 3.59. The largest absolute Gasteiger partial charge is 0.364 e. The lowest BCUT2D eigenvalue weighted by atomic mass is 10.0. The summed E-state index contributed by atoms with van der Waals surface area (Å²) in [5, 5.41) is 4.70. The summed E-state index contributed by atoms with van der Waals surface area (Å²) in [6.07, 6.45) is 3.38. The van der Waals surface area contributed by atoms with Gasteiger partial charge in [0.1, 0.15) is 6.26 Å². The number of aryl methyl sites for hydroxylation is 1. The fraction of sp³-hybridized carbons (Fsp3) is 0.250. The van der Waals surface area contributed by atoms with E-state index in [9.17, 15) is 0 Å². The van der Waals surface area contributed by atoms with Gasteiger partial charge in [0.2, 0.25) is 0 Å². The molecule has 0 atom stereocenters. The first-order valence-electron chi connectivity index (χ1n) is 5.20. The molecule has 0 fully saturated rings. The summed E-state index contributed by atoms with van der Waals surface area (Å²) < 4.78 is 5.00. The van der Waals surface area contributed by atoms with Crippen molar-refractivity contribution < 1.29 is 4.52 Å². The van der Waals surface area contributed by atoms with Crippen molar-refractivity contribution in [3.05, 3.63) is 41.2 Å². The molecule has 3 nitrogen and oxygen atoms in total. The zero-order chi connectivity index (χ0) is 11.4. The molecule has 2 rings (SSSR count). The van der Waals surface area contributed by atoms with E-state index >= 15 is 0 Å². The van der Waals surface area contributed by atoms with Crippen LogP contribution in [0, 0.1) is 0 Å². The fourth-order valence-electron chi connectivity index (χ4n) is 1.60. The molecule has 0 saturated heterocycles. The SMILES string of the molecule is NCCCc1nocc1-c1cccc(Cl)c1. The minimum absolute atomic E-state index is 0.655. The van der Waals surface area contributed by atoms with Crippen LogP contribution in [0.25, 0.3) is 11.1 Å². The third kappa shape index (κ3) is 2.43. The zero-order valence-electron chi connectivity index (χ0n) is 8.82. The fourth-order valence-corrected chi connectivity index (χ4v) is 1.79. The second kappa shape index (κ2) is 5.14. The van der Waals surface area contributed by atoms with Gasteiger partial charge in [-0.1, -0.05) is 28.9 Å². The van der Waals surface area contributed by atoms with Gasteiger partial charge < -0.3 is 10.3 Å². The van der Waals surface area contributed by atoms with Gasteiger partial charge in [0.05, 0.1) is 5.69 Å². The number of benzene rings is 1. The van der Waals surface area contributed by atoms with Crippen LogP contribution < -0.4 is 5.73 Å². The Morgan fingerprint density at radius 3 is 3.00 bits per heavy atom. The molecule has 2 N–H and O–H groups in total. The van der Waals surface area contributed by atoms with Crippen LogP contribution >= 0.6 is 11.6 Å². The Morgan fingerprint density at radius 1 is 1.38 bits per heavy atom. The van der Waals surface area contributed by atoms with Crippen LogP contribution in [0.15, 0.2) is 35.1 Å². The van der Waals surface area contributed by atoms with Crippen LogP contribution in [-0.2, 0) is 6.42 Å². The molecule has 0 bridgehead atoms. The van der Waals surface area contributed by atoms with E-state index in [2.05, 4.69) is 5.16 Å². The molecule has 1 aromatic carbocycles. The molecule has 0 aliphatic rings. The lowest BCUT2D eigenvalue weighted by Crippen LogP contribution is -2.01. The number of nitrogens with zero attached hydrogens (tertiary/aromatic N) is 1. The van der Waals surface area contributed by atoms with Gasteiger partial charge in [0, 0.05) is 10.6 Å². The normalized spacial score (nSPS) is 10.6. The molecular formula is C12H13ClN2O. The van der Waals surface area contributed by atoms with E-state index in [4.69, 9.17) is 21.9 Å². The van der Waals surface area contributed by atoms with Crippen molar-refractivity contribution in [3.63, 3.8) is 0 Å². The molecule has 1 heterocycles. The van der Waals surface area contributed by atoms with Crippen molar-refractivity contribution in [2.24, 2.45) is 5.73 Å². The van der Waals surface area contributed by atoms with Crippen molar-refractivity contribution in [1.29, 1.82) is 0 Å². The average Bonchev–Trinajstić information content (AvgIpc) is 2.74. The van der Waals surface area contributed by atoms with E-state index in [0.717, 1.165) is 29.7 Å². The highest BCUT2D eigenvalue weighted by atomic mass is 35.5. The Morgan fingerprint density at radius 2 is 2.25 bits per heavy atom. The first kappa shape index (κ1) is 11.2. The number of hydrogen-bond donors (Lipinski definition) is 1. The summed E-state index contributed by atoms with van der Waals surface area (Å²) in [5.74, 6) is 0. The molecule has 4 heteroatoms. The van der Waals surface area contributed by atoms with Crippen molar-refractivity contribution >= 4 is 11.6 Å². The van der Waals surface area contributed by atoms with Crippen molar-refractivity contribution in [3.8, 4) is 11.1 Å². The smallest absolute Gasteiger partial charge is 0.131 e. The van der Waals surface area contributed by atoms with Crippen LogP contribution in [0.5, 0.6) is 0 Å². The number of rotatable bonds is 4. The maximum absolute atomic E-state index is 5.95. The average molecular weight is 237 g/mol. The molecule has 1 aromatic heterocycles. The van der Waals surface area contributed by atoms with Crippen LogP contribution in [0.4, 0.5) is 0 Å². The summed E-state index contributed by atoms with van der Waals surface area (Å²) in [6, 6.07) is 7.65. The van der Waals surface area contributed by atoms with Gasteiger partial charge in [0.25, 0.3) is 0 Å². The minimum Gasteiger partial charge on any atom is -0.364 e. The molecule has 0 aliphatic carbocycles. The number of nitrogens with two attached hydrogens (primary N) is 1. The second-order valence-electron chi connectivity index (χ2n) is 3.58. The summed E-state index contributed by atoms with van der Waals surface area (Å²) in [7, 11) is 0. The maximum Gasteiger partial charge on any atom is 0.131 e.